The summed E-state index contributed by atoms with van der Waals surface area (Å²) in [6, 6.07) is 3.84. The van der Waals surface area contributed by atoms with Crippen LogP contribution in [-0.2, 0) is 6.54 Å². The van der Waals surface area contributed by atoms with Gasteiger partial charge in [0.2, 0.25) is 5.95 Å². The Balaban J connectivity index is 1.87. The van der Waals surface area contributed by atoms with Crippen molar-refractivity contribution in [2.75, 3.05) is 5.73 Å². The molecule has 0 aromatic carbocycles. The first-order valence-electron chi connectivity index (χ1n) is 6.45. The SMILES string of the molecule is Cc1ccc2nc(C)c(C(=O)NCc3nc(N)n[nH]3)n2c1. The quantitative estimate of drug-likeness (QED) is 0.651. The van der Waals surface area contributed by atoms with Crippen molar-refractivity contribution >= 4 is 17.5 Å². The number of aryl methyl sites for hydroxylation is 2. The summed E-state index contributed by atoms with van der Waals surface area (Å²) in [4.78, 5) is 20.7. The molecular weight excluding hydrogens is 270 g/mol. The first-order valence-corrected chi connectivity index (χ1v) is 6.45. The number of nitrogens with one attached hydrogen (secondary N) is 2. The third-order valence-electron chi connectivity index (χ3n) is 3.12. The highest BCUT2D eigenvalue weighted by Gasteiger charge is 2.16. The van der Waals surface area contributed by atoms with Crippen LogP contribution in [0.3, 0.4) is 0 Å². The van der Waals surface area contributed by atoms with Crippen molar-refractivity contribution in [3.8, 4) is 0 Å². The molecule has 3 aromatic heterocycles. The van der Waals surface area contributed by atoms with Gasteiger partial charge in [0.15, 0.2) is 0 Å². The number of anilines is 1. The predicted octanol–water partition coefficient (Wildman–Crippen LogP) is 0.581. The predicted molar refractivity (Wildman–Crippen MR) is 76.6 cm³/mol. The van der Waals surface area contributed by atoms with Gasteiger partial charge in [-0.05, 0) is 25.5 Å². The third-order valence-corrected chi connectivity index (χ3v) is 3.12. The van der Waals surface area contributed by atoms with Gasteiger partial charge < -0.3 is 11.1 Å². The van der Waals surface area contributed by atoms with Crippen molar-refractivity contribution in [2.45, 2.75) is 20.4 Å². The van der Waals surface area contributed by atoms with Gasteiger partial charge in [-0.3, -0.25) is 14.3 Å². The number of amides is 1. The van der Waals surface area contributed by atoms with E-state index in [4.69, 9.17) is 5.73 Å². The fourth-order valence-corrected chi connectivity index (χ4v) is 2.18. The molecule has 3 aromatic rings. The number of hydrogen-bond acceptors (Lipinski definition) is 5. The molecule has 0 radical (unpaired) electrons. The summed E-state index contributed by atoms with van der Waals surface area (Å²) in [5.41, 5.74) is 8.40. The number of aromatic amines is 1. The second-order valence-corrected chi connectivity index (χ2v) is 4.80. The molecule has 0 saturated carbocycles. The van der Waals surface area contributed by atoms with Crippen molar-refractivity contribution < 1.29 is 4.79 Å². The number of hydrogen-bond donors (Lipinski definition) is 3. The number of rotatable bonds is 3. The average Bonchev–Trinajstić information content (AvgIpc) is 2.98. The summed E-state index contributed by atoms with van der Waals surface area (Å²) in [5, 5.41) is 9.13. The number of aromatic nitrogens is 5. The normalized spacial score (nSPS) is 11.0. The number of pyridine rings is 1. The molecule has 0 aliphatic rings. The van der Waals surface area contributed by atoms with E-state index in [2.05, 4.69) is 25.5 Å². The maximum atomic E-state index is 12.4. The molecule has 4 N–H and O–H groups in total. The van der Waals surface area contributed by atoms with Crippen LogP contribution in [0.25, 0.3) is 5.65 Å². The highest BCUT2D eigenvalue weighted by molar-refractivity contribution is 5.94. The van der Waals surface area contributed by atoms with Crippen LogP contribution in [0.5, 0.6) is 0 Å². The fraction of sp³-hybridized carbons (Fsp3) is 0.231. The zero-order valence-electron chi connectivity index (χ0n) is 11.7. The smallest absolute Gasteiger partial charge is 0.270 e. The fourth-order valence-electron chi connectivity index (χ4n) is 2.18. The molecule has 3 heterocycles. The number of H-pyrrole nitrogens is 1. The maximum absolute atomic E-state index is 12.4. The summed E-state index contributed by atoms with van der Waals surface area (Å²) in [6.07, 6.45) is 1.89. The van der Waals surface area contributed by atoms with Gasteiger partial charge in [-0.2, -0.15) is 4.98 Å². The van der Waals surface area contributed by atoms with Crippen molar-refractivity contribution in [3.63, 3.8) is 0 Å². The van der Waals surface area contributed by atoms with Crippen LogP contribution in [0.1, 0.15) is 27.6 Å². The summed E-state index contributed by atoms with van der Waals surface area (Å²) < 4.78 is 1.79. The molecule has 3 rings (SSSR count). The number of imidazole rings is 1. The average molecular weight is 285 g/mol. The van der Waals surface area contributed by atoms with Crippen molar-refractivity contribution in [2.24, 2.45) is 0 Å². The highest BCUT2D eigenvalue weighted by atomic mass is 16.1. The van der Waals surface area contributed by atoms with E-state index in [1.165, 1.54) is 0 Å². The largest absolute Gasteiger partial charge is 0.367 e. The molecule has 0 fully saturated rings. The third kappa shape index (κ3) is 2.42. The van der Waals surface area contributed by atoms with E-state index >= 15 is 0 Å². The zero-order valence-corrected chi connectivity index (χ0v) is 11.7. The van der Waals surface area contributed by atoms with Crippen molar-refractivity contribution in [3.05, 3.63) is 41.1 Å². The number of nitrogen functional groups attached to an aromatic ring is 1. The molecule has 0 saturated heterocycles. The Labute approximate surface area is 120 Å². The van der Waals surface area contributed by atoms with E-state index in [-0.39, 0.29) is 18.4 Å². The lowest BCUT2D eigenvalue weighted by atomic mass is 10.3. The van der Waals surface area contributed by atoms with Gasteiger partial charge in [-0.15, -0.1) is 5.10 Å². The molecule has 8 heteroatoms. The number of fused-ring (bicyclic) bond motifs is 1. The lowest BCUT2D eigenvalue weighted by Crippen LogP contribution is -2.25. The molecule has 0 aliphatic carbocycles. The van der Waals surface area contributed by atoms with Gasteiger partial charge in [0.1, 0.15) is 17.2 Å². The van der Waals surface area contributed by atoms with Gasteiger partial charge in [-0.25, -0.2) is 4.98 Å². The minimum atomic E-state index is -0.222. The van der Waals surface area contributed by atoms with Crippen LogP contribution in [0, 0.1) is 13.8 Å². The standard InChI is InChI=1S/C13H15N7O/c1-7-3-4-10-16-8(2)11(20(10)6-7)12(21)15-5-9-17-13(14)19-18-9/h3-4,6H,5H2,1-2H3,(H,15,21)(H3,14,17,18,19). The molecule has 108 valence electrons. The van der Waals surface area contributed by atoms with E-state index < -0.39 is 0 Å². The van der Waals surface area contributed by atoms with Gasteiger partial charge in [-0.1, -0.05) is 6.07 Å². The molecule has 0 spiro atoms. The molecule has 0 atom stereocenters. The van der Waals surface area contributed by atoms with Crippen molar-refractivity contribution in [1.29, 1.82) is 0 Å². The molecule has 0 aliphatic heterocycles. The molecular formula is C13H15N7O. The number of nitrogens with zero attached hydrogens (tertiary/aromatic N) is 4. The maximum Gasteiger partial charge on any atom is 0.270 e. The lowest BCUT2D eigenvalue weighted by Gasteiger charge is -2.05. The highest BCUT2D eigenvalue weighted by Crippen LogP contribution is 2.13. The summed E-state index contributed by atoms with van der Waals surface area (Å²) in [6.45, 7) is 4.00. The lowest BCUT2D eigenvalue weighted by molar-refractivity contribution is 0.0943. The van der Waals surface area contributed by atoms with Gasteiger partial charge in [0, 0.05) is 6.20 Å². The van der Waals surface area contributed by atoms with E-state index in [1.54, 1.807) is 4.40 Å². The molecule has 21 heavy (non-hydrogen) atoms. The molecule has 0 unspecified atom stereocenters. The van der Waals surface area contributed by atoms with Crippen LogP contribution in [0.2, 0.25) is 0 Å². The molecule has 8 nitrogen and oxygen atoms in total. The van der Waals surface area contributed by atoms with E-state index in [1.807, 2.05) is 32.2 Å². The Morgan fingerprint density at radius 2 is 2.19 bits per heavy atom. The minimum absolute atomic E-state index is 0.154. The monoisotopic (exact) mass is 285 g/mol. The number of nitrogens with two attached hydrogens (primary N) is 1. The van der Waals surface area contributed by atoms with Crippen LogP contribution in [0.15, 0.2) is 18.3 Å². The van der Waals surface area contributed by atoms with Gasteiger partial charge in [0.05, 0.1) is 12.2 Å². The van der Waals surface area contributed by atoms with Crippen LogP contribution in [0.4, 0.5) is 5.95 Å². The topological polar surface area (TPSA) is 114 Å². The summed E-state index contributed by atoms with van der Waals surface area (Å²) in [7, 11) is 0. The van der Waals surface area contributed by atoms with Crippen LogP contribution >= 0.6 is 0 Å². The summed E-state index contributed by atoms with van der Waals surface area (Å²) in [5.74, 6) is 0.435. The van der Waals surface area contributed by atoms with Gasteiger partial charge in [0.25, 0.3) is 5.91 Å². The van der Waals surface area contributed by atoms with Crippen molar-refractivity contribution in [1.82, 2.24) is 29.9 Å². The molecule has 1 amide bonds. The van der Waals surface area contributed by atoms with Crippen LogP contribution in [-0.4, -0.2) is 30.5 Å². The van der Waals surface area contributed by atoms with E-state index in [0.29, 0.717) is 17.2 Å². The Bertz CT molecular complexity index is 817. The first-order chi connectivity index (χ1) is 10.0. The summed E-state index contributed by atoms with van der Waals surface area (Å²) >= 11 is 0. The number of carbonyl (C=O) groups is 1. The zero-order chi connectivity index (χ0) is 15.0. The van der Waals surface area contributed by atoms with E-state index in [0.717, 1.165) is 11.2 Å². The number of carbonyl (C=O) groups excluding carboxylic acids is 1. The first kappa shape index (κ1) is 13.1. The Morgan fingerprint density at radius 1 is 1.38 bits per heavy atom. The van der Waals surface area contributed by atoms with E-state index in [9.17, 15) is 4.79 Å². The Hall–Kier alpha value is -2.90. The van der Waals surface area contributed by atoms with Gasteiger partial charge >= 0.3 is 0 Å². The second kappa shape index (κ2) is 4.89. The second-order valence-electron chi connectivity index (χ2n) is 4.80. The van der Waals surface area contributed by atoms with Crippen LogP contribution < -0.4 is 11.1 Å². The molecule has 0 bridgehead atoms. The Morgan fingerprint density at radius 3 is 2.90 bits per heavy atom. The minimum Gasteiger partial charge on any atom is -0.367 e. The Kier molecular flexibility index (Phi) is 3.05.